The lowest BCUT2D eigenvalue weighted by molar-refractivity contribution is 1.04. The zero-order valence-corrected chi connectivity index (χ0v) is 9.12. The van der Waals surface area contributed by atoms with Crippen LogP contribution in [0.15, 0.2) is 42.1 Å². The van der Waals surface area contributed by atoms with Crippen molar-refractivity contribution in [3.05, 3.63) is 53.4 Å². The molecular formula is C13H17N. The summed E-state index contributed by atoms with van der Waals surface area (Å²) in [5.41, 5.74) is 3.74. The van der Waals surface area contributed by atoms with E-state index in [1.165, 1.54) is 16.8 Å². The highest BCUT2D eigenvalue weighted by molar-refractivity contribution is 5.28. The molecule has 0 N–H and O–H groups in total. The monoisotopic (exact) mass is 187 g/mol. The quantitative estimate of drug-likeness (QED) is 0.660. The minimum atomic E-state index is 0.924. The van der Waals surface area contributed by atoms with Gasteiger partial charge in [0.1, 0.15) is 0 Å². The fraction of sp³-hybridized carbons (Fsp3) is 0.308. The Labute approximate surface area is 86.2 Å². The first-order chi connectivity index (χ1) is 6.77. The first-order valence-electron chi connectivity index (χ1n) is 4.96. The van der Waals surface area contributed by atoms with Crippen LogP contribution in [0.25, 0.3) is 0 Å². The summed E-state index contributed by atoms with van der Waals surface area (Å²) in [7, 11) is 0. The SMILES string of the molecule is C/C=C\C(=C/C)Cc1ncccc1C. The Morgan fingerprint density at radius 3 is 2.79 bits per heavy atom. The molecule has 74 valence electrons. The van der Waals surface area contributed by atoms with E-state index >= 15 is 0 Å². The summed E-state index contributed by atoms with van der Waals surface area (Å²) < 4.78 is 0. The molecule has 1 aromatic heterocycles. The predicted molar refractivity (Wildman–Crippen MR) is 61.2 cm³/mol. The molecule has 0 unspecified atom stereocenters. The summed E-state index contributed by atoms with van der Waals surface area (Å²) in [4.78, 5) is 4.37. The van der Waals surface area contributed by atoms with Gasteiger partial charge in [0, 0.05) is 18.3 Å². The van der Waals surface area contributed by atoms with Gasteiger partial charge in [0.25, 0.3) is 0 Å². The summed E-state index contributed by atoms with van der Waals surface area (Å²) in [6, 6.07) is 4.08. The number of nitrogens with zero attached hydrogens (tertiary/aromatic N) is 1. The van der Waals surface area contributed by atoms with E-state index in [2.05, 4.69) is 43.1 Å². The van der Waals surface area contributed by atoms with Gasteiger partial charge in [-0.15, -0.1) is 0 Å². The van der Waals surface area contributed by atoms with Crippen LogP contribution in [-0.2, 0) is 6.42 Å². The normalized spacial score (nSPS) is 12.4. The van der Waals surface area contributed by atoms with Crippen molar-refractivity contribution in [3.8, 4) is 0 Å². The van der Waals surface area contributed by atoms with Gasteiger partial charge in [0.15, 0.2) is 0 Å². The number of pyridine rings is 1. The first kappa shape index (κ1) is 10.7. The zero-order valence-electron chi connectivity index (χ0n) is 9.12. The Bertz CT molecular complexity index is 348. The number of allylic oxidation sites excluding steroid dienone is 4. The van der Waals surface area contributed by atoms with Crippen molar-refractivity contribution in [2.45, 2.75) is 27.2 Å². The van der Waals surface area contributed by atoms with E-state index in [0.29, 0.717) is 0 Å². The molecule has 0 spiro atoms. The smallest absolute Gasteiger partial charge is 0.0476 e. The number of aryl methyl sites for hydroxylation is 1. The second-order valence-electron chi connectivity index (χ2n) is 3.31. The summed E-state index contributed by atoms with van der Waals surface area (Å²) in [6.45, 7) is 6.20. The first-order valence-corrected chi connectivity index (χ1v) is 4.96. The average Bonchev–Trinajstić information content (AvgIpc) is 2.20. The molecule has 0 saturated carbocycles. The minimum Gasteiger partial charge on any atom is -0.261 e. The maximum absolute atomic E-state index is 4.37. The van der Waals surface area contributed by atoms with Gasteiger partial charge in [-0.2, -0.15) is 0 Å². The van der Waals surface area contributed by atoms with Crippen molar-refractivity contribution in [2.75, 3.05) is 0 Å². The molecule has 1 heterocycles. The van der Waals surface area contributed by atoms with E-state index < -0.39 is 0 Å². The van der Waals surface area contributed by atoms with Crippen LogP contribution in [0.1, 0.15) is 25.1 Å². The van der Waals surface area contributed by atoms with Crippen molar-refractivity contribution in [3.63, 3.8) is 0 Å². The standard InChI is InChI=1S/C13H17N/c1-4-7-12(5-2)10-13-11(3)8-6-9-14-13/h4-9H,10H2,1-3H3/b7-4-,12-5+. The van der Waals surface area contributed by atoms with Gasteiger partial charge < -0.3 is 0 Å². The van der Waals surface area contributed by atoms with E-state index in [9.17, 15) is 0 Å². The van der Waals surface area contributed by atoms with Gasteiger partial charge in [-0.05, 0) is 38.0 Å². The Balaban J connectivity index is 2.83. The van der Waals surface area contributed by atoms with Crippen molar-refractivity contribution >= 4 is 0 Å². The number of hydrogen-bond acceptors (Lipinski definition) is 1. The van der Waals surface area contributed by atoms with Crippen molar-refractivity contribution in [1.29, 1.82) is 0 Å². The fourth-order valence-electron chi connectivity index (χ4n) is 1.37. The van der Waals surface area contributed by atoms with Gasteiger partial charge in [0.05, 0.1) is 0 Å². The van der Waals surface area contributed by atoms with E-state index in [1.54, 1.807) is 0 Å². The Morgan fingerprint density at radius 1 is 1.43 bits per heavy atom. The molecule has 0 fully saturated rings. The molecule has 0 radical (unpaired) electrons. The molecule has 0 aliphatic heterocycles. The van der Waals surface area contributed by atoms with Gasteiger partial charge >= 0.3 is 0 Å². The number of hydrogen-bond donors (Lipinski definition) is 0. The summed E-state index contributed by atoms with van der Waals surface area (Å²) in [5.74, 6) is 0. The van der Waals surface area contributed by atoms with Crippen LogP contribution < -0.4 is 0 Å². The zero-order chi connectivity index (χ0) is 10.4. The number of aromatic nitrogens is 1. The molecule has 14 heavy (non-hydrogen) atoms. The highest BCUT2D eigenvalue weighted by atomic mass is 14.7. The maximum Gasteiger partial charge on any atom is 0.0476 e. The third kappa shape index (κ3) is 2.84. The second kappa shape index (κ2) is 5.38. The van der Waals surface area contributed by atoms with E-state index in [1.807, 2.05) is 19.2 Å². The lowest BCUT2D eigenvalue weighted by Gasteiger charge is -2.04. The van der Waals surface area contributed by atoms with Crippen LogP contribution in [0.3, 0.4) is 0 Å². The van der Waals surface area contributed by atoms with E-state index in [4.69, 9.17) is 0 Å². The molecule has 0 saturated heterocycles. The van der Waals surface area contributed by atoms with Crippen molar-refractivity contribution in [2.24, 2.45) is 0 Å². The molecule has 0 aliphatic carbocycles. The second-order valence-corrected chi connectivity index (χ2v) is 3.31. The molecule has 0 atom stereocenters. The predicted octanol–water partition coefficient (Wildman–Crippen LogP) is 3.45. The van der Waals surface area contributed by atoms with E-state index in [0.717, 1.165) is 6.42 Å². The van der Waals surface area contributed by atoms with Crippen LogP contribution in [0, 0.1) is 6.92 Å². The third-order valence-electron chi connectivity index (χ3n) is 2.24. The van der Waals surface area contributed by atoms with Crippen LogP contribution >= 0.6 is 0 Å². The Morgan fingerprint density at radius 2 is 2.21 bits per heavy atom. The minimum absolute atomic E-state index is 0.924. The molecule has 0 amide bonds. The molecule has 0 aliphatic rings. The topological polar surface area (TPSA) is 12.9 Å². The fourth-order valence-corrected chi connectivity index (χ4v) is 1.37. The van der Waals surface area contributed by atoms with Gasteiger partial charge in [0.2, 0.25) is 0 Å². The molecule has 1 rings (SSSR count). The van der Waals surface area contributed by atoms with Gasteiger partial charge in [-0.3, -0.25) is 4.98 Å². The highest BCUT2D eigenvalue weighted by Gasteiger charge is 1.99. The van der Waals surface area contributed by atoms with Crippen LogP contribution in [0.5, 0.6) is 0 Å². The molecule has 1 heteroatoms. The van der Waals surface area contributed by atoms with Crippen LogP contribution in [0.4, 0.5) is 0 Å². The Kier molecular flexibility index (Phi) is 4.11. The van der Waals surface area contributed by atoms with Gasteiger partial charge in [-0.25, -0.2) is 0 Å². The van der Waals surface area contributed by atoms with E-state index in [-0.39, 0.29) is 0 Å². The lowest BCUT2D eigenvalue weighted by atomic mass is 10.1. The summed E-state index contributed by atoms with van der Waals surface area (Å²) in [6.07, 6.45) is 9.11. The molecule has 0 bridgehead atoms. The van der Waals surface area contributed by atoms with Crippen LogP contribution in [0.2, 0.25) is 0 Å². The molecular weight excluding hydrogens is 170 g/mol. The maximum atomic E-state index is 4.37. The highest BCUT2D eigenvalue weighted by Crippen LogP contribution is 2.10. The third-order valence-corrected chi connectivity index (χ3v) is 2.24. The summed E-state index contributed by atoms with van der Waals surface area (Å²) >= 11 is 0. The summed E-state index contributed by atoms with van der Waals surface area (Å²) in [5, 5.41) is 0. The molecule has 0 aromatic carbocycles. The van der Waals surface area contributed by atoms with Crippen molar-refractivity contribution in [1.82, 2.24) is 4.98 Å². The Hall–Kier alpha value is -1.37. The molecule has 1 nitrogen and oxygen atoms in total. The largest absolute Gasteiger partial charge is 0.261 e. The van der Waals surface area contributed by atoms with Gasteiger partial charge in [-0.1, -0.05) is 24.3 Å². The average molecular weight is 187 g/mol. The number of rotatable bonds is 3. The lowest BCUT2D eigenvalue weighted by Crippen LogP contribution is -1.94. The molecule has 1 aromatic rings. The van der Waals surface area contributed by atoms with Crippen molar-refractivity contribution < 1.29 is 0 Å². The van der Waals surface area contributed by atoms with Crippen LogP contribution in [-0.4, -0.2) is 4.98 Å².